The number of carbonyl (C=O) groups excluding carboxylic acids is 2. The van der Waals surface area contributed by atoms with Crippen LogP contribution in [0.15, 0.2) is 122 Å². The predicted molar refractivity (Wildman–Crippen MR) is 191 cm³/mol. The quantitative estimate of drug-likeness (QED) is 0.170. The molecule has 0 amide bonds. The first-order valence-corrected chi connectivity index (χ1v) is 15.9. The van der Waals surface area contributed by atoms with E-state index in [0.717, 1.165) is 49.7 Å². The second-order valence-electron chi connectivity index (χ2n) is 11.1. The Balaban J connectivity index is 0.000000173. The third-order valence-corrected chi connectivity index (χ3v) is 8.51. The lowest BCUT2D eigenvalue weighted by atomic mass is 9.99. The van der Waals surface area contributed by atoms with E-state index in [9.17, 15) is 9.59 Å². The first-order valence-electron chi connectivity index (χ1n) is 15.1. The van der Waals surface area contributed by atoms with Gasteiger partial charge in [-0.2, -0.15) is 0 Å². The molecular weight excluding hydrogens is 645 g/mol. The number of H-pyrrole nitrogens is 1. The number of benzene rings is 4. The molecular formula is C39H31Cl2N3O4. The van der Waals surface area contributed by atoms with Crippen LogP contribution < -0.4 is 0 Å². The molecule has 7 rings (SSSR count). The van der Waals surface area contributed by atoms with Crippen LogP contribution in [0.5, 0.6) is 0 Å². The Labute approximate surface area is 287 Å². The number of fused-ring (bicyclic) bond motifs is 2. The van der Waals surface area contributed by atoms with Gasteiger partial charge in [0.15, 0.2) is 0 Å². The molecule has 48 heavy (non-hydrogen) atoms. The molecule has 1 N–H and O–H groups in total. The molecule has 3 aromatic heterocycles. The van der Waals surface area contributed by atoms with Gasteiger partial charge in [0.1, 0.15) is 0 Å². The van der Waals surface area contributed by atoms with Crippen molar-refractivity contribution < 1.29 is 19.1 Å². The van der Waals surface area contributed by atoms with E-state index in [-0.39, 0.29) is 11.9 Å². The minimum atomic E-state index is -0.378. The molecule has 0 bridgehead atoms. The van der Waals surface area contributed by atoms with Crippen LogP contribution in [-0.4, -0.2) is 40.7 Å². The van der Waals surface area contributed by atoms with Crippen LogP contribution in [0.3, 0.4) is 0 Å². The van der Waals surface area contributed by atoms with Crippen LogP contribution in [0.4, 0.5) is 0 Å². The Bertz CT molecular complexity index is 2240. The zero-order valence-corrected chi connectivity index (χ0v) is 27.8. The van der Waals surface area contributed by atoms with E-state index in [1.165, 1.54) is 14.2 Å². The van der Waals surface area contributed by atoms with Gasteiger partial charge in [-0.1, -0.05) is 47.5 Å². The number of hydrogen-bond donors (Lipinski definition) is 1. The summed E-state index contributed by atoms with van der Waals surface area (Å²) in [5, 5.41) is 3.33. The largest absolute Gasteiger partial charge is 0.465 e. The summed E-state index contributed by atoms with van der Waals surface area (Å²) in [4.78, 5) is 31.3. The highest BCUT2D eigenvalue weighted by atomic mass is 35.5. The smallest absolute Gasteiger partial charge is 0.338 e. The molecule has 0 aliphatic rings. The molecule has 9 heteroatoms. The van der Waals surface area contributed by atoms with Crippen LogP contribution >= 0.6 is 23.2 Å². The molecule has 0 atom stereocenters. The van der Waals surface area contributed by atoms with E-state index >= 15 is 0 Å². The Morgan fingerprint density at radius 1 is 0.729 bits per heavy atom. The van der Waals surface area contributed by atoms with Crippen LogP contribution in [-0.2, 0) is 22.3 Å². The monoisotopic (exact) mass is 675 g/mol. The first kappa shape index (κ1) is 32.6. The molecule has 3 heterocycles. The minimum absolute atomic E-state index is 0.366. The zero-order chi connectivity index (χ0) is 33.6. The number of rotatable bonds is 7. The van der Waals surface area contributed by atoms with Crippen molar-refractivity contribution in [3.63, 3.8) is 0 Å². The van der Waals surface area contributed by atoms with Gasteiger partial charge in [-0.25, -0.2) is 9.59 Å². The number of aromatic nitrogens is 3. The fraction of sp³-hybridized carbons (Fsp3) is 0.103. The topological polar surface area (TPSA) is 86.2 Å². The lowest BCUT2D eigenvalue weighted by Crippen LogP contribution is -2.06. The first-order chi connectivity index (χ1) is 23.3. The average Bonchev–Trinajstić information content (AvgIpc) is 3.76. The van der Waals surface area contributed by atoms with Gasteiger partial charge in [0.05, 0.1) is 42.7 Å². The van der Waals surface area contributed by atoms with Crippen molar-refractivity contribution in [2.45, 2.75) is 12.8 Å². The molecule has 0 aliphatic carbocycles. The maximum atomic E-state index is 12.1. The molecule has 0 saturated heterocycles. The Morgan fingerprint density at radius 3 is 1.96 bits per heavy atom. The van der Waals surface area contributed by atoms with Gasteiger partial charge in [0.25, 0.3) is 0 Å². The molecule has 0 unspecified atom stereocenters. The molecule has 240 valence electrons. The van der Waals surface area contributed by atoms with Gasteiger partial charge in [-0.15, -0.1) is 0 Å². The molecule has 0 radical (unpaired) electrons. The predicted octanol–water partition coefficient (Wildman–Crippen LogP) is 9.25. The van der Waals surface area contributed by atoms with Gasteiger partial charge in [0.2, 0.25) is 0 Å². The maximum absolute atomic E-state index is 12.1. The zero-order valence-electron chi connectivity index (χ0n) is 26.2. The number of aromatic amines is 1. The number of nitrogens with one attached hydrogen (secondary N) is 1. The van der Waals surface area contributed by atoms with Crippen molar-refractivity contribution in [1.29, 1.82) is 0 Å². The van der Waals surface area contributed by atoms with Crippen molar-refractivity contribution in [3.05, 3.63) is 165 Å². The number of ether oxygens (including phenoxy) is 2. The van der Waals surface area contributed by atoms with E-state index in [0.29, 0.717) is 34.0 Å². The molecule has 0 aliphatic heterocycles. The van der Waals surface area contributed by atoms with Crippen molar-refractivity contribution in [3.8, 4) is 5.69 Å². The second kappa shape index (κ2) is 14.6. The fourth-order valence-corrected chi connectivity index (χ4v) is 6.03. The fourth-order valence-electron chi connectivity index (χ4n) is 5.68. The second-order valence-corrected chi connectivity index (χ2v) is 12.0. The SMILES string of the molecule is COC(=O)c1cc(Cl)ccc1Cc1ccc2[nH]ccc2c1.COC(=O)c1cc(Cl)ccc1Cc1ccc2c(ccn2-c2cccnc2)c1. The molecule has 0 spiro atoms. The van der Waals surface area contributed by atoms with Crippen molar-refractivity contribution >= 4 is 56.9 Å². The summed E-state index contributed by atoms with van der Waals surface area (Å²) in [6.45, 7) is 0. The highest BCUT2D eigenvalue weighted by Gasteiger charge is 2.15. The normalized spacial score (nSPS) is 10.8. The van der Waals surface area contributed by atoms with E-state index in [2.05, 4.69) is 50.9 Å². The lowest BCUT2D eigenvalue weighted by Gasteiger charge is -2.10. The van der Waals surface area contributed by atoms with Gasteiger partial charge in [-0.05, 0) is 113 Å². The van der Waals surface area contributed by atoms with E-state index in [1.54, 1.807) is 30.5 Å². The standard InChI is InChI=1S/C22H17ClN2O2.C17H14ClNO2/c1-27-22(26)20-13-18(23)6-5-16(20)11-15-4-7-21-17(12-15)8-10-25(21)19-3-2-9-24-14-19;1-21-17(20)15-10-14(18)4-3-12(15)8-11-2-5-16-13(9-11)6-7-19-16/h2-10,12-14H,11H2,1H3;2-7,9-10,19H,8H2,1H3. The van der Waals surface area contributed by atoms with Gasteiger partial charge < -0.3 is 19.0 Å². The van der Waals surface area contributed by atoms with Crippen LogP contribution in [0.25, 0.3) is 27.5 Å². The summed E-state index contributed by atoms with van der Waals surface area (Å²) in [6, 6.07) is 31.2. The van der Waals surface area contributed by atoms with Gasteiger partial charge >= 0.3 is 11.9 Å². The number of hydrogen-bond acceptors (Lipinski definition) is 5. The third-order valence-electron chi connectivity index (χ3n) is 8.04. The van der Waals surface area contributed by atoms with Crippen LogP contribution in [0.2, 0.25) is 10.0 Å². The van der Waals surface area contributed by atoms with Crippen LogP contribution in [0, 0.1) is 0 Å². The number of halogens is 2. The number of methoxy groups -OCH3 is 2. The third kappa shape index (κ3) is 7.28. The Morgan fingerprint density at radius 2 is 1.35 bits per heavy atom. The minimum Gasteiger partial charge on any atom is -0.465 e. The Hall–Kier alpha value is -5.37. The molecule has 0 saturated carbocycles. The van der Waals surface area contributed by atoms with Crippen molar-refractivity contribution in [1.82, 2.24) is 14.5 Å². The molecule has 7 aromatic rings. The van der Waals surface area contributed by atoms with Gasteiger partial charge in [-0.3, -0.25) is 4.98 Å². The number of nitrogens with zero attached hydrogens (tertiary/aromatic N) is 2. The highest BCUT2D eigenvalue weighted by Crippen LogP contribution is 2.26. The van der Waals surface area contributed by atoms with E-state index in [1.807, 2.05) is 55.0 Å². The lowest BCUT2D eigenvalue weighted by molar-refractivity contribution is 0.0590. The van der Waals surface area contributed by atoms with E-state index < -0.39 is 0 Å². The summed E-state index contributed by atoms with van der Waals surface area (Å²) >= 11 is 12.0. The molecule has 0 fully saturated rings. The highest BCUT2D eigenvalue weighted by molar-refractivity contribution is 6.31. The number of carbonyl (C=O) groups is 2. The molecule has 7 nitrogen and oxygen atoms in total. The van der Waals surface area contributed by atoms with E-state index in [4.69, 9.17) is 32.7 Å². The maximum Gasteiger partial charge on any atom is 0.338 e. The van der Waals surface area contributed by atoms with Crippen molar-refractivity contribution in [2.75, 3.05) is 14.2 Å². The summed E-state index contributed by atoms with van der Waals surface area (Å²) in [5.74, 6) is -0.744. The molecule has 4 aromatic carbocycles. The van der Waals surface area contributed by atoms with Crippen molar-refractivity contribution in [2.24, 2.45) is 0 Å². The summed E-state index contributed by atoms with van der Waals surface area (Å²) in [5.41, 5.74) is 8.27. The summed E-state index contributed by atoms with van der Waals surface area (Å²) in [6.07, 6.45) is 8.82. The Kier molecular flexibility index (Phi) is 9.90. The number of pyridine rings is 1. The van der Waals surface area contributed by atoms with Gasteiger partial charge in [0, 0.05) is 39.5 Å². The summed E-state index contributed by atoms with van der Waals surface area (Å²) < 4.78 is 11.8. The average molecular weight is 677 g/mol. The number of esters is 2. The summed E-state index contributed by atoms with van der Waals surface area (Å²) in [7, 11) is 2.75. The van der Waals surface area contributed by atoms with Crippen LogP contribution in [0.1, 0.15) is 43.0 Å².